The van der Waals surface area contributed by atoms with Gasteiger partial charge in [-0.2, -0.15) is 0 Å². The van der Waals surface area contributed by atoms with E-state index in [1.54, 1.807) is 0 Å². The Balaban J connectivity index is 2.40. The molecule has 3 heteroatoms. The highest BCUT2D eigenvalue weighted by atomic mass is 15.1. The zero-order valence-corrected chi connectivity index (χ0v) is 9.04. The molecule has 3 nitrogen and oxygen atoms in total. The molecule has 0 bridgehead atoms. The molecule has 17 heavy (non-hydrogen) atoms. The fraction of sp³-hybridized carbons (Fsp3) is 0. The number of fused-ring (bicyclic) bond motifs is 3. The summed E-state index contributed by atoms with van der Waals surface area (Å²) in [6, 6.07) is 18.1. The van der Waals surface area contributed by atoms with Gasteiger partial charge in [0, 0.05) is 10.6 Å². The van der Waals surface area contributed by atoms with Crippen molar-refractivity contribution in [2.75, 3.05) is 0 Å². The first-order valence-corrected chi connectivity index (χ1v) is 5.35. The molecule has 0 radical (unpaired) electrons. The lowest BCUT2D eigenvalue weighted by Gasteiger charge is -2.04. The fourth-order valence-electron chi connectivity index (χ4n) is 2.11. The molecule has 0 saturated carbocycles. The van der Waals surface area contributed by atoms with Crippen molar-refractivity contribution >= 4 is 27.2 Å². The minimum Gasteiger partial charge on any atom is -0.0616 e. The van der Waals surface area contributed by atoms with E-state index in [0.717, 1.165) is 5.39 Å². The Morgan fingerprint density at radius 3 is 2.47 bits per heavy atom. The van der Waals surface area contributed by atoms with Crippen LogP contribution < -0.4 is 0 Å². The summed E-state index contributed by atoms with van der Waals surface area (Å²) < 4.78 is 0. The third-order valence-electron chi connectivity index (χ3n) is 2.89. The quantitative estimate of drug-likeness (QED) is 0.241. The average Bonchev–Trinajstić information content (AvgIpc) is 2.39. The van der Waals surface area contributed by atoms with E-state index in [2.05, 4.69) is 28.2 Å². The van der Waals surface area contributed by atoms with Crippen molar-refractivity contribution < 1.29 is 0 Å². The van der Waals surface area contributed by atoms with E-state index in [0.29, 0.717) is 5.69 Å². The highest BCUT2D eigenvalue weighted by Gasteiger charge is 2.00. The second-order valence-electron chi connectivity index (χ2n) is 3.88. The summed E-state index contributed by atoms with van der Waals surface area (Å²) >= 11 is 0. The van der Waals surface area contributed by atoms with Crippen LogP contribution in [0.15, 0.2) is 59.7 Å². The molecule has 0 spiro atoms. The Hall–Kier alpha value is -2.51. The van der Waals surface area contributed by atoms with E-state index in [4.69, 9.17) is 5.53 Å². The van der Waals surface area contributed by atoms with E-state index >= 15 is 0 Å². The van der Waals surface area contributed by atoms with Gasteiger partial charge in [-0.25, -0.2) is 0 Å². The lowest BCUT2D eigenvalue weighted by molar-refractivity contribution is 1.50. The van der Waals surface area contributed by atoms with Crippen LogP contribution in [-0.2, 0) is 0 Å². The van der Waals surface area contributed by atoms with Crippen LogP contribution in [0.4, 0.5) is 5.69 Å². The zero-order valence-electron chi connectivity index (χ0n) is 9.04. The van der Waals surface area contributed by atoms with Crippen LogP contribution in [-0.4, -0.2) is 0 Å². The summed E-state index contributed by atoms with van der Waals surface area (Å²) in [5.41, 5.74) is 9.07. The van der Waals surface area contributed by atoms with Crippen LogP contribution in [0.25, 0.3) is 32.0 Å². The van der Waals surface area contributed by atoms with Gasteiger partial charge in [-0.15, -0.1) is 0 Å². The van der Waals surface area contributed by atoms with E-state index in [1.165, 1.54) is 16.2 Å². The molecule has 80 valence electrons. The average molecular weight is 219 g/mol. The number of hydrogen-bond acceptors (Lipinski definition) is 1. The van der Waals surface area contributed by atoms with Crippen LogP contribution in [0, 0.1) is 0 Å². The first-order chi connectivity index (χ1) is 8.38. The van der Waals surface area contributed by atoms with Crippen molar-refractivity contribution in [1.29, 1.82) is 0 Å². The topological polar surface area (TPSA) is 48.8 Å². The predicted octanol–water partition coefficient (Wildman–Crippen LogP) is 4.93. The van der Waals surface area contributed by atoms with Gasteiger partial charge >= 0.3 is 0 Å². The minimum atomic E-state index is 0.648. The third kappa shape index (κ3) is 1.59. The summed E-state index contributed by atoms with van der Waals surface area (Å²) in [4.78, 5) is 2.80. The molecule has 0 saturated heterocycles. The predicted molar refractivity (Wildman–Crippen MR) is 70.3 cm³/mol. The Morgan fingerprint density at radius 2 is 1.59 bits per heavy atom. The summed E-state index contributed by atoms with van der Waals surface area (Å²) in [6.45, 7) is 0. The number of rotatable bonds is 1. The standard InChI is InChI=1S/C14H9N3/c15-17-16-12-7-8-14-11(9-12)6-5-10-3-1-2-4-13(10)14/h1-9H. The molecular weight excluding hydrogens is 210 g/mol. The van der Waals surface area contributed by atoms with Crippen molar-refractivity contribution in [3.63, 3.8) is 0 Å². The molecule has 0 aliphatic carbocycles. The number of azide groups is 1. The van der Waals surface area contributed by atoms with Crippen molar-refractivity contribution in [3.05, 3.63) is 65.0 Å². The van der Waals surface area contributed by atoms with Crippen molar-refractivity contribution in [1.82, 2.24) is 0 Å². The number of nitrogens with zero attached hydrogens (tertiary/aromatic N) is 3. The molecular formula is C14H9N3. The van der Waals surface area contributed by atoms with Crippen molar-refractivity contribution in [3.8, 4) is 0 Å². The van der Waals surface area contributed by atoms with Crippen LogP contribution in [0.3, 0.4) is 0 Å². The number of benzene rings is 3. The highest BCUT2D eigenvalue weighted by molar-refractivity contribution is 6.08. The lowest BCUT2D eigenvalue weighted by Crippen LogP contribution is -1.76. The Morgan fingerprint density at radius 1 is 0.824 bits per heavy atom. The van der Waals surface area contributed by atoms with Gasteiger partial charge in [0.25, 0.3) is 0 Å². The SMILES string of the molecule is [N-]=[N+]=Nc1ccc2c(ccc3ccccc32)c1. The first-order valence-electron chi connectivity index (χ1n) is 5.35. The Labute approximate surface area is 97.9 Å². The molecule has 0 aliphatic rings. The molecule has 0 amide bonds. The normalized spacial score (nSPS) is 10.4. The van der Waals surface area contributed by atoms with Gasteiger partial charge in [0.15, 0.2) is 0 Å². The molecule has 3 aromatic carbocycles. The van der Waals surface area contributed by atoms with Crippen molar-refractivity contribution in [2.24, 2.45) is 5.11 Å². The van der Waals surface area contributed by atoms with E-state index < -0.39 is 0 Å². The molecule has 3 aromatic rings. The maximum absolute atomic E-state index is 8.42. The molecule has 0 aromatic heterocycles. The first kappa shape index (κ1) is 9.70. The zero-order chi connectivity index (χ0) is 11.7. The number of hydrogen-bond donors (Lipinski definition) is 0. The second kappa shape index (κ2) is 3.81. The van der Waals surface area contributed by atoms with Gasteiger partial charge in [0.05, 0.1) is 0 Å². The molecule has 0 unspecified atom stereocenters. The van der Waals surface area contributed by atoms with E-state index in [1.807, 2.05) is 36.4 Å². The summed E-state index contributed by atoms with van der Waals surface area (Å²) in [7, 11) is 0. The summed E-state index contributed by atoms with van der Waals surface area (Å²) in [5, 5.41) is 8.33. The third-order valence-corrected chi connectivity index (χ3v) is 2.89. The van der Waals surface area contributed by atoms with Gasteiger partial charge in [-0.05, 0) is 33.1 Å². The van der Waals surface area contributed by atoms with Crippen LogP contribution in [0.5, 0.6) is 0 Å². The van der Waals surface area contributed by atoms with Gasteiger partial charge < -0.3 is 0 Å². The molecule has 0 atom stereocenters. The maximum Gasteiger partial charge on any atom is 0.0381 e. The Bertz CT molecular complexity index is 756. The Kier molecular flexibility index (Phi) is 2.18. The van der Waals surface area contributed by atoms with Crippen LogP contribution >= 0.6 is 0 Å². The summed E-state index contributed by atoms with van der Waals surface area (Å²) in [6.07, 6.45) is 0. The highest BCUT2D eigenvalue weighted by Crippen LogP contribution is 2.28. The monoisotopic (exact) mass is 219 g/mol. The smallest absolute Gasteiger partial charge is 0.0381 e. The molecule has 3 rings (SSSR count). The van der Waals surface area contributed by atoms with Crippen LogP contribution in [0.1, 0.15) is 0 Å². The van der Waals surface area contributed by atoms with E-state index in [9.17, 15) is 0 Å². The van der Waals surface area contributed by atoms with Gasteiger partial charge in [-0.1, -0.05) is 53.6 Å². The molecule has 0 N–H and O–H groups in total. The lowest BCUT2D eigenvalue weighted by atomic mass is 10.0. The molecule has 0 heterocycles. The summed E-state index contributed by atoms with van der Waals surface area (Å²) in [5.74, 6) is 0. The van der Waals surface area contributed by atoms with Gasteiger partial charge in [0.1, 0.15) is 0 Å². The second-order valence-corrected chi connectivity index (χ2v) is 3.88. The van der Waals surface area contributed by atoms with E-state index in [-0.39, 0.29) is 0 Å². The van der Waals surface area contributed by atoms with Gasteiger partial charge in [0.2, 0.25) is 0 Å². The largest absolute Gasteiger partial charge is 0.0616 e. The fourth-order valence-corrected chi connectivity index (χ4v) is 2.11. The molecule has 0 aliphatic heterocycles. The maximum atomic E-state index is 8.42. The van der Waals surface area contributed by atoms with Crippen molar-refractivity contribution in [2.45, 2.75) is 0 Å². The van der Waals surface area contributed by atoms with Gasteiger partial charge in [-0.3, -0.25) is 0 Å². The molecule has 0 fully saturated rings. The minimum absolute atomic E-state index is 0.648. The van der Waals surface area contributed by atoms with Crippen LogP contribution in [0.2, 0.25) is 0 Å².